The zero-order valence-electron chi connectivity index (χ0n) is 15.2. The minimum Gasteiger partial charge on any atom is -0.274 e. The molecular weight excluding hydrogens is 326 g/mol. The van der Waals surface area contributed by atoms with Crippen LogP contribution in [0.5, 0.6) is 0 Å². The van der Waals surface area contributed by atoms with Crippen LogP contribution in [0, 0.1) is 5.41 Å². The first-order chi connectivity index (χ1) is 12.1. The molecule has 0 N–H and O–H groups in total. The van der Waals surface area contributed by atoms with Crippen LogP contribution in [-0.4, -0.2) is 10.5 Å². The third kappa shape index (κ3) is 3.25. The van der Waals surface area contributed by atoms with Crippen molar-refractivity contribution in [2.24, 2.45) is 5.41 Å². The summed E-state index contributed by atoms with van der Waals surface area (Å²) in [6.45, 7) is 6.38. The summed E-state index contributed by atoms with van der Waals surface area (Å²) >= 11 is 1.66. The number of carbonyl (C=O) groups excluding carboxylic acids is 1. The van der Waals surface area contributed by atoms with E-state index in [1.165, 1.54) is 0 Å². The van der Waals surface area contributed by atoms with Gasteiger partial charge in [-0.1, -0.05) is 68.9 Å². The summed E-state index contributed by atoms with van der Waals surface area (Å²) in [4.78, 5) is 14.7. The van der Waals surface area contributed by atoms with Crippen molar-refractivity contribution in [3.63, 3.8) is 0 Å². The van der Waals surface area contributed by atoms with E-state index in [9.17, 15) is 4.79 Å². The van der Waals surface area contributed by atoms with Gasteiger partial charge in [0.25, 0.3) is 0 Å². The average Bonchev–Trinajstić information content (AvgIpc) is 3.02. The third-order valence-corrected chi connectivity index (χ3v) is 6.35. The van der Waals surface area contributed by atoms with Crippen molar-refractivity contribution in [1.82, 2.24) is 4.57 Å². The number of rotatable bonds is 6. The van der Waals surface area contributed by atoms with Crippen LogP contribution in [-0.2, 0) is 0 Å². The largest absolute Gasteiger partial charge is 0.274 e. The summed E-state index contributed by atoms with van der Waals surface area (Å²) in [5, 5.41) is 2.11. The van der Waals surface area contributed by atoms with E-state index in [4.69, 9.17) is 0 Å². The predicted octanol–water partition coefficient (Wildman–Crippen LogP) is 6.65. The van der Waals surface area contributed by atoms with E-state index in [0.29, 0.717) is 0 Å². The maximum atomic E-state index is 13.6. The van der Waals surface area contributed by atoms with Crippen LogP contribution in [0.15, 0.2) is 70.6 Å². The van der Waals surface area contributed by atoms with Crippen molar-refractivity contribution in [2.45, 2.75) is 50.0 Å². The van der Waals surface area contributed by atoms with Gasteiger partial charge in [-0.05, 0) is 43.5 Å². The molecule has 0 saturated heterocycles. The van der Waals surface area contributed by atoms with Gasteiger partial charge < -0.3 is 0 Å². The lowest BCUT2D eigenvalue weighted by molar-refractivity contribution is 0.0664. The van der Waals surface area contributed by atoms with Gasteiger partial charge in [0.05, 0.1) is 10.5 Å². The Morgan fingerprint density at radius 1 is 0.920 bits per heavy atom. The van der Waals surface area contributed by atoms with Gasteiger partial charge in [0.2, 0.25) is 5.91 Å². The van der Waals surface area contributed by atoms with Gasteiger partial charge in [0.1, 0.15) is 0 Å². The van der Waals surface area contributed by atoms with Gasteiger partial charge in [-0.25, -0.2) is 0 Å². The van der Waals surface area contributed by atoms with E-state index < -0.39 is 0 Å². The van der Waals surface area contributed by atoms with Gasteiger partial charge in [-0.15, -0.1) is 0 Å². The molecule has 25 heavy (non-hydrogen) atoms. The van der Waals surface area contributed by atoms with E-state index in [-0.39, 0.29) is 11.3 Å². The summed E-state index contributed by atoms with van der Waals surface area (Å²) in [5.41, 5.74) is 0.707. The first kappa shape index (κ1) is 17.8. The lowest BCUT2D eigenvalue weighted by atomic mass is 9.79. The summed E-state index contributed by atoms with van der Waals surface area (Å²) in [7, 11) is 0. The maximum Gasteiger partial charge on any atom is 0.238 e. The highest BCUT2D eigenvalue weighted by molar-refractivity contribution is 7.99. The lowest BCUT2D eigenvalue weighted by Gasteiger charge is -2.29. The summed E-state index contributed by atoms with van der Waals surface area (Å²) in [5.74, 6) is 0.222. The van der Waals surface area contributed by atoms with E-state index in [1.807, 2.05) is 41.0 Å². The SMILES string of the molecule is CCC(CC)(CC)C(=O)n1c(Sc2ccccc2)cc2ccccc21. The molecule has 0 bridgehead atoms. The lowest BCUT2D eigenvalue weighted by Crippen LogP contribution is -2.34. The van der Waals surface area contributed by atoms with Gasteiger partial charge in [0, 0.05) is 15.7 Å². The molecule has 3 rings (SSSR count). The molecule has 0 amide bonds. The number of fused-ring (bicyclic) bond motifs is 1. The van der Waals surface area contributed by atoms with Crippen LogP contribution < -0.4 is 0 Å². The molecule has 0 atom stereocenters. The Bertz CT molecular complexity index is 854. The van der Waals surface area contributed by atoms with Gasteiger partial charge in [0.15, 0.2) is 0 Å². The zero-order valence-corrected chi connectivity index (χ0v) is 16.0. The quantitative estimate of drug-likeness (QED) is 0.496. The second-order valence-corrected chi connectivity index (χ2v) is 7.53. The molecule has 0 spiro atoms. The van der Waals surface area contributed by atoms with Crippen LogP contribution in [0.1, 0.15) is 44.8 Å². The zero-order chi connectivity index (χ0) is 17.9. The van der Waals surface area contributed by atoms with Crippen molar-refractivity contribution in [3.8, 4) is 0 Å². The first-order valence-electron chi connectivity index (χ1n) is 9.03. The van der Waals surface area contributed by atoms with Crippen molar-refractivity contribution in [2.75, 3.05) is 0 Å². The van der Waals surface area contributed by atoms with Gasteiger partial charge in [-0.2, -0.15) is 0 Å². The van der Waals surface area contributed by atoms with Crippen LogP contribution in [0.3, 0.4) is 0 Å². The number of hydrogen-bond acceptors (Lipinski definition) is 2. The molecule has 2 aromatic carbocycles. The minimum atomic E-state index is -0.298. The van der Waals surface area contributed by atoms with Crippen LogP contribution in [0.25, 0.3) is 10.9 Å². The third-order valence-electron chi connectivity index (χ3n) is 5.33. The number of hydrogen-bond donors (Lipinski definition) is 0. The molecule has 0 fully saturated rings. The number of carbonyl (C=O) groups is 1. The fraction of sp³-hybridized carbons (Fsp3) is 0.318. The Balaban J connectivity index is 2.15. The second-order valence-electron chi connectivity index (χ2n) is 6.44. The molecule has 0 unspecified atom stereocenters. The normalized spacial score (nSPS) is 11.8. The number of nitrogens with zero attached hydrogens (tertiary/aromatic N) is 1. The van der Waals surface area contributed by atoms with E-state index in [2.05, 4.69) is 45.0 Å². The molecule has 0 aliphatic rings. The molecule has 3 heteroatoms. The summed E-state index contributed by atoms with van der Waals surface area (Å²) in [6.07, 6.45) is 2.59. The Morgan fingerprint density at radius 3 is 2.16 bits per heavy atom. The molecule has 0 aliphatic heterocycles. The fourth-order valence-corrected chi connectivity index (χ4v) is 4.46. The standard InChI is InChI=1S/C22H25NOS/c1-4-22(5-2,6-3)21(24)23-19-15-11-10-12-17(19)16-20(23)25-18-13-8-7-9-14-18/h7-16H,4-6H2,1-3H3. The van der Waals surface area contributed by atoms with E-state index in [0.717, 1.165) is 40.1 Å². The molecule has 2 nitrogen and oxygen atoms in total. The average molecular weight is 352 g/mol. The van der Waals surface area contributed by atoms with Crippen molar-refractivity contribution in [1.29, 1.82) is 0 Å². The number of benzene rings is 2. The van der Waals surface area contributed by atoms with Crippen molar-refractivity contribution in [3.05, 3.63) is 60.7 Å². The molecule has 3 aromatic rings. The van der Waals surface area contributed by atoms with E-state index >= 15 is 0 Å². The number of para-hydroxylation sites is 1. The molecule has 130 valence electrons. The highest BCUT2D eigenvalue weighted by Gasteiger charge is 2.35. The molecule has 0 radical (unpaired) electrons. The van der Waals surface area contributed by atoms with Crippen molar-refractivity contribution >= 4 is 28.6 Å². The van der Waals surface area contributed by atoms with E-state index in [1.54, 1.807) is 11.8 Å². The molecule has 0 saturated carbocycles. The fourth-order valence-electron chi connectivity index (χ4n) is 3.46. The smallest absolute Gasteiger partial charge is 0.238 e. The van der Waals surface area contributed by atoms with Crippen LogP contribution in [0.2, 0.25) is 0 Å². The van der Waals surface area contributed by atoms with Crippen molar-refractivity contribution < 1.29 is 4.79 Å². The second kappa shape index (κ2) is 7.49. The Kier molecular flexibility index (Phi) is 5.33. The van der Waals surface area contributed by atoms with Gasteiger partial charge >= 0.3 is 0 Å². The Morgan fingerprint density at radius 2 is 1.52 bits per heavy atom. The number of aromatic nitrogens is 1. The Hall–Kier alpha value is -2.00. The van der Waals surface area contributed by atoms with Gasteiger partial charge in [-0.3, -0.25) is 9.36 Å². The highest BCUT2D eigenvalue weighted by atomic mass is 32.2. The Labute approximate surface area is 154 Å². The van der Waals surface area contributed by atoms with Crippen LogP contribution in [0.4, 0.5) is 0 Å². The summed E-state index contributed by atoms with van der Waals surface area (Å²) < 4.78 is 1.95. The molecule has 1 aromatic heterocycles. The first-order valence-corrected chi connectivity index (χ1v) is 9.85. The minimum absolute atomic E-state index is 0.222. The predicted molar refractivity (Wildman–Crippen MR) is 106 cm³/mol. The molecule has 0 aliphatic carbocycles. The monoisotopic (exact) mass is 351 g/mol. The maximum absolute atomic E-state index is 13.6. The molecule has 1 heterocycles. The highest BCUT2D eigenvalue weighted by Crippen LogP contribution is 2.38. The topological polar surface area (TPSA) is 22.0 Å². The molecular formula is C22H25NOS. The summed E-state index contributed by atoms with van der Waals surface area (Å²) in [6, 6.07) is 20.6. The van der Waals surface area contributed by atoms with Crippen LogP contribution >= 0.6 is 11.8 Å².